The first-order chi connectivity index (χ1) is 12.4. The third-order valence-corrected chi connectivity index (χ3v) is 4.19. The summed E-state index contributed by atoms with van der Waals surface area (Å²) < 4.78 is 2.77. The molecule has 0 saturated heterocycles. The van der Waals surface area contributed by atoms with Gasteiger partial charge in [0.2, 0.25) is 5.95 Å². The van der Waals surface area contributed by atoms with Crippen LogP contribution in [-0.2, 0) is 20.1 Å². The van der Waals surface area contributed by atoms with Crippen LogP contribution in [0.15, 0.2) is 39.9 Å². The number of anilines is 1. The minimum Gasteiger partial charge on any atom is -0.394 e. The van der Waals surface area contributed by atoms with Gasteiger partial charge in [-0.05, 0) is 5.56 Å². The predicted molar refractivity (Wildman–Crippen MR) is 97.2 cm³/mol. The highest BCUT2D eigenvalue weighted by molar-refractivity contribution is 5.74. The van der Waals surface area contributed by atoms with Crippen molar-refractivity contribution in [2.24, 2.45) is 7.05 Å². The maximum absolute atomic E-state index is 12.3. The van der Waals surface area contributed by atoms with Gasteiger partial charge in [-0.3, -0.25) is 14.3 Å². The van der Waals surface area contributed by atoms with Crippen LogP contribution >= 0.6 is 0 Å². The number of nitrogens with zero attached hydrogens (tertiary/aromatic N) is 4. The third-order valence-electron chi connectivity index (χ3n) is 4.19. The van der Waals surface area contributed by atoms with E-state index in [-0.39, 0.29) is 17.7 Å². The van der Waals surface area contributed by atoms with Crippen LogP contribution in [0.3, 0.4) is 0 Å². The fraction of sp³-hybridized carbons (Fsp3) is 0.353. The SMILES string of the molecule is CN(Cc1ccccc1)c1nc2c(c(=O)[nH]c(=O)n2C)n1C[C@@H](O)CO. The second-order valence-electron chi connectivity index (χ2n) is 6.19. The van der Waals surface area contributed by atoms with Gasteiger partial charge in [-0.15, -0.1) is 0 Å². The van der Waals surface area contributed by atoms with Gasteiger partial charge < -0.3 is 19.7 Å². The quantitative estimate of drug-likeness (QED) is 0.542. The number of nitrogens with one attached hydrogen (secondary N) is 1. The van der Waals surface area contributed by atoms with Crippen molar-refractivity contribution in [1.82, 2.24) is 19.1 Å². The average Bonchev–Trinajstić information content (AvgIpc) is 3.00. The Morgan fingerprint density at radius 2 is 1.96 bits per heavy atom. The summed E-state index contributed by atoms with van der Waals surface area (Å²) in [7, 11) is 3.32. The lowest BCUT2D eigenvalue weighted by Gasteiger charge is -2.21. The van der Waals surface area contributed by atoms with E-state index in [2.05, 4.69) is 9.97 Å². The van der Waals surface area contributed by atoms with Gasteiger partial charge in [0.25, 0.3) is 5.56 Å². The van der Waals surface area contributed by atoms with Gasteiger partial charge in [-0.1, -0.05) is 30.3 Å². The Bertz CT molecular complexity index is 1020. The molecule has 1 aromatic carbocycles. The van der Waals surface area contributed by atoms with E-state index in [0.717, 1.165) is 5.56 Å². The second kappa shape index (κ2) is 7.14. The van der Waals surface area contributed by atoms with E-state index in [1.807, 2.05) is 42.3 Å². The lowest BCUT2D eigenvalue weighted by Crippen LogP contribution is -2.31. The standard InChI is InChI=1S/C17H21N5O4/c1-20(8-11-6-4-3-5-7-11)16-18-14-13(22(16)9-12(24)10-23)15(25)19-17(26)21(14)2/h3-7,12,23-24H,8-10H2,1-2H3,(H,19,25,26)/t12-/m1/s1. The minimum atomic E-state index is -1.06. The molecule has 9 nitrogen and oxygen atoms in total. The molecule has 2 heterocycles. The molecule has 0 aliphatic rings. The molecule has 1 atom stereocenters. The molecule has 0 bridgehead atoms. The van der Waals surface area contributed by atoms with Crippen LogP contribution in [0, 0.1) is 0 Å². The number of hydrogen-bond donors (Lipinski definition) is 3. The Morgan fingerprint density at radius 1 is 1.27 bits per heavy atom. The normalized spacial score (nSPS) is 12.5. The number of hydrogen-bond acceptors (Lipinski definition) is 6. The molecule has 0 unspecified atom stereocenters. The highest BCUT2D eigenvalue weighted by Crippen LogP contribution is 2.20. The molecule has 3 aromatic rings. The van der Waals surface area contributed by atoms with Crippen LogP contribution in [-0.4, -0.2) is 49.1 Å². The molecular formula is C17H21N5O4. The molecule has 3 N–H and O–H groups in total. The molecule has 2 aromatic heterocycles. The molecule has 9 heteroatoms. The largest absolute Gasteiger partial charge is 0.394 e. The van der Waals surface area contributed by atoms with Crippen molar-refractivity contribution in [3.05, 3.63) is 56.7 Å². The first-order valence-corrected chi connectivity index (χ1v) is 8.16. The lowest BCUT2D eigenvalue weighted by molar-refractivity contribution is 0.0823. The summed E-state index contributed by atoms with van der Waals surface area (Å²) in [6.07, 6.45) is -1.06. The summed E-state index contributed by atoms with van der Waals surface area (Å²) in [5, 5.41) is 19.1. The number of rotatable bonds is 6. The maximum Gasteiger partial charge on any atom is 0.329 e. The molecule has 138 valence electrons. The van der Waals surface area contributed by atoms with E-state index in [0.29, 0.717) is 12.5 Å². The van der Waals surface area contributed by atoms with Crippen molar-refractivity contribution in [3.63, 3.8) is 0 Å². The summed E-state index contributed by atoms with van der Waals surface area (Å²) in [5.41, 5.74) is 0.291. The van der Waals surface area contributed by atoms with Gasteiger partial charge in [0, 0.05) is 20.6 Å². The van der Waals surface area contributed by atoms with Crippen molar-refractivity contribution in [2.45, 2.75) is 19.2 Å². The van der Waals surface area contributed by atoms with E-state index < -0.39 is 24.0 Å². The van der Waals surface area contributed by atoms with Gasteiger partial charge in [-0.2, -0.15) is 4.98 Å². The van der Waals surface area contributed by atoms with Gasteiger partial charge in [0.15, 0.2) is 11.2 Å². The summed E-state index contributed by atoms with van der Waals surface area (Å²) in [6.45, 7) is 0.0408. The molecule has 0 radical (unpaired) electrons. The van der Waals surface area contributed by atoms with E-state index in [1.165, 1.54) is 16.2 Å². The van der Waals surface area contributed by atoms with Crippen molar-refractivity contribution < 1.29 is 10.2 Å². The Kier molecular flexibility index (Phi) is 4.92. The fourth-order valence-corrected chi connectivity index (χ4v) is 2.88. The summed E-state index contributed by atoms with van der Waals surface area (Å²) >= 11 is 0. The Morgan fingerprint density at radius 3 is 2.62 bits per heavy atom. The zero-order valence-corrected chi connectivity index (χ0v) is 14.6. The zero-order valence-electron chi connectivity index (χ0n) is 14.6. The minimum absolute atomic E-state index is 0.0251. The van der Waals surface area contributed by atoms with Crippen LogP contribution in [0.25, 0.3) is 11.2 Å². The van der Waals surface area contributed by atoms with Crippen molar-refractivity contribution in [3.8, 4) is 0 Å². The first-order valence-electron chi connectivity index (χ1n) is 8.16. The monoisotopic (exact) mass is 359 g/mol. The van der Waals surface area contributed by atoms with Crippen molar-refractivity contribution in [1.29, 1.82) is 0 Å². The molecule has 0 spiro atoms. The van der Waals surface area contributed by atoms with Crippen LogP contribution in [0.2, 0.25) is 0 Å². The summed E-state index contributed by atoms with van der Waals surface area (Å²) in [4.78, 5) is 32.7. The average molecular weight is 359 g/mol. The van der Waals surface area contributed by atoms with E-state index >= 15 is 0 Å². The fourth-order valence-electron chi connectivity index (χ4n) is 2.88. The predicted octanol–water partition coefficient (Wildman–Crippen LogP) is -0.587. The molecule has 0 amide bonds. The highest BCUT2D eigenvalue weighted by atomic mass is 16.3. The smallest absolute Gasteiger partial charge is 0.329 e. The third kappa shape index (κ3) is 3.26. The Labute approximate surface area is 148 Å². The number of fused-ring (bicyclic) bond motifs is 1. The van der Waals surface area contributed by atoms with Crippen LogP contribution < -0.4 is 16.1 Å². The summed E-state index contributed by atoms with van der Waals surface area (Å²) in [5.74, 6) is 0.419. The molecule has 26 heavy (non-hydrogen) atoms. The summed E-state index contributed by atoms with van der Waals surface area (Å²) in [6, 6.07) is 9.71. The molecule has 0 saturated carbocycles. The van der Waals surface area contributed by atoms with Gasteiger partial charge in [0.05, 0.1) is 19.3 Å². The topological polar surface area (TPSA) is 116 Å². The van der Waals surface area contributed by atoms with E-state index in [4.69, 9.17) is 0 Å². The number of aryl methyl sites for hydroxylation is 1. The Balaban J connectivity index is 2.15. The van der Waals surface area contributed by atoms with Gasteiger partial charge in [0.1, 0.15) is 0 Å². The number of H-pyrrole nitrogens is 1. The van der Waals surface area contributed by atoms with Crippen molar-refractivity contribution >= 4 is 17.1 Å². The molecule has 0 aliphatic carbocycles. The van der Waals surface area contributed by atoms with Gasteiger partial charge in [-0.25, -0.2) is 4.79 Å². The number of aromatic nitrogens is 4. The van der Waals surface area contributed by atoms with Crippen molar-refractivity contribution in [2.75, 3.05) is 18.6 Å². The van der Waals surface area contributed by atoms with Crippen LogP contribution in [0.1, 0.15) is 5.56 Å². The highest BCUT2D eigenvalue weighted by Gasteiger charge is 2.21. The Hall–Kier alpha value is -2.91. The van der Waals surface area contributed by atoms with Gasteiger partial charge >= 0.3 is 5.69 Å². The number of aliphatic hydroxyl groups excluding tert-OH is 2. The number of aromatic amines is 1. The molecule has 3 rings (SSSR count). The van der Waals surface area contributed by atoms with Crippen LogP contribution in [0.4, 0.5) is 5.95 Å². The first kappa shape index (κ1) is 17.9. The number of aliphatic hydroxyl groups is 2. The molecule has 0 fully saturated rings. The van der Waals surface area contributed by atoms with E-state index in [9.17, 15) is 19.8 Å². The zero-order chi connectivity index (χ0) is 18.8. The van der Waals surface area contributed by atoms with Crippen LogP contribution in [0.5, 0.6) is 0 Å². The second-order valence-corrected chi connectivity index (χ2v) is 6.19. The number of imidazole rings is 1. The maximum atomic E-state index is 12.3. The molecular weight excluding hydrogens is 338 g/mol. The molecule has 0 aliphatic heterocycles. The lowest BCUT2D eigenvalue weighted by atomic mass is 10.2. The van der Waals surface area contributed by atoms with E-state index in [1.54, 1.807) is 0 Å². The number of benzene rings is 1.